The van der Waals surface area contributed by atoms with Crippen LogP contribution in [0.2, 0.25) is 0 Å². The molecular weight excluding hydrogens is 382 g/mol. The summed E-state index contributed by atoms with van der Waals surface area (Å²) in [5.74, 6) is 0.154. The number of thiazole rings is 1. The molecule has 0 atom stereocenters. The Morgan fingerprint density at radius 3 is 2.52 bits per heavy atom. The molecule has 1 amide bonds. The summed E-state index contributed by atoms with van der Waals surface area (Å²) in [5, 5.41) is 7.87. The number of benzene rings is 2. The van der Waals surface area contributed by atoms with Gasteiger partial charge in [0.05, 0.1) is 10.6 Å². The van der Waals surface area contributed by atoms with Crippen LogP contribution in [0.1, 0.15) is 12.8 Å². The van der Waals surface area contributed by atoms with E-state index >= 15 is 0 Å². The van der Waals surface area contributed by atoms with Crippen LogP contribution < -0.4 is 10.0 Å². The molecule has 1 aliphatic rings. The third-order valence-corrected chi connectivity index (χ3v) is 6.28. The van der Waals surface area contributed by atoms with Crippen molar-refractivity contribution in [2.45, 2.75) is 17.7 Å². The van der Waals surface area contributed by atoms with Crippen LogP contribution in [0.15, 0.2) is 58.8 Å². The van der Waals surface area contributed by atoms with Crippen molar-refractivity contribution in [2.24, 2.45) is 5.14 Å². The van der Waals surface area contributed by atoms with Gasteiger partial charge in [0.25, 0.3) is 0 Å². The number of amides is 1. The Labute approximate surface area is 161 Å². The zero-order valence-corrected chi connectivity index (χ0v) is 16.0. The molecule has 0 radical (unpaired) electrons. The number of primary sulfonamides is 1. The van der Waals surface area contributed by atoms with Crippen molar-refractivity contribution in [3.63, 3.8) is 0 Å². The maximum absolute atomic E-state index is 12.0. The van der Waals surface area contributed by atoms with Crippen molar-refractivity contribution in [2.75, 3.05) is 11.4 Å². The number of hydrogen-bond donors (Lipinski definition) is 1. The average molecular weight is 399 g/mol. The zero-order valence-electron chi connectivity index (χ0n) is 14.3. The lowest BCUT2D eigenvalue weighted by molar-refractivity contribution is -0.117. The van der Waals surface area contributed by atoms with Gasteiger partial charge >= 0.3 is 0 Å². The van der Waals surface area contributed by atoms with Crippen LogP contribution in [-0.2, 0) is 14.8 Å². The summed E-state index contributed by atoms with van der Waals surface area (Å²) in [6.07, 6.45) is 1.48. The first-order chi connectivity index (χ1) is 12.9. The second-order valence-corrected chi connectivity index (χ2v) is 8.73. The van der Waals surface area contributed by atoms with Crippen molar-refractivity contribution in [3.05, 3.63) is 53.9 Å². The minimum absolute atomic E-state index is 0.0750. The molecule has 0 spiro atoms. The van der Waals surface area contributed by atoms with E-state index in [-0.39, 0.29) is 10.8 Å². The SMILES string of the molecule is NS(=O)(=O)c1ccc(-c2nc(-c3cccc(N4CCCC4=O)c3)cs2)cc1. The quantitative estimate of drug-likeness (QED) is 0.729. The summed E-state index contributed by atoms with van der Waals surface area (Å²) >= 11 is 1.48. The van der Waals surface area contributed by atoms with Crippen LogP contribution in [0.4, 0.5) is 5.69 Å². The molecule has 4 rings (SSSR count). The molecule has 2 heterocycles. The highest BCUT2D eigenvalue weighted by molar-refractivity contribution is 7.89. The predicted molar refractivity (Wildman–Crippen MR) is 106 cm³/mol. The Balaban J connectivity index is 1.62. The average Bonchev–Trinajstić information content (AvgIpc) is 3.30. The van der Waals surface area contributed by atoms with Gasteiger partial charge in [0, 0.05) is 35.2 Å². The van der Waals surface area contributed by atoms with Crippen LogP contribution in [0.5, 0.6) is 0 Å². The number of carbonyl (C=O) groups excluding carboxylic acids is 1. The Morgan fingerprint density at radius 2 is 1.85 bits per heavy atom. The molecule has 0 aliphatic carbocycles. The molecule has 138 valence electrons. The van der Waals surface area contributed by atoms with Gasteiger partial charge in [-0.05, 0) is 30.7 Å². The molecule has 1 saturated heterocycles. The van der Waals surface area contributed by atoms with E-state index in [9.17, 15) is 13.2 Å². The van der Waals surface area contributed by atoms with Gasteiger partial charge in [-0.3, -0.25) is 4.79 Å². The van der Waals surface area contributed by atoms with Crippen LogP contribution in [-0.4, -0.2) is 25.9 Å². The van der Waals surface area contributed by atoms with Crippen molar-refractivity contribution in [3.8, 4) is 21.8 Å². The van der Waals surface area contributed by atoms with E-state index < -0.39 is 10.0 Å². The maximum atomic E-state index is 12.0. The molecule has 1 aromatic heterocycles. The molecule has 8 heteroatoms. The molecule has 27 heavy (non-hydrogen) atoms. The fourth-order valence-corrected chi connectivity index (χ4v) is 4.43. The fraction of sp³-hybridized carbons (Fsp3) is 0.158. The van der Waals surface area contributed by atoms with E-state index in [1.54, 1.807) is 12.1 Å². The molecule has 0 bridgehead atoms. The predicted octanol–water partition coefficient (Wildman–Crippen LogP) is 3.25. The smallest absolute Gasteiger partial charge is 0.238 e. The molecule has 0 unspecified atom stereocenters. The van der Waals surface area contributed by atoms with E-state index in [1.165, 1.54) is 23.5 Å². The number of hydrogen-bond acceptors (Lipinski definition) is 5. The van der Waals surface area contributed by atoms with Crippen LogP contribution in [0, 0.1) is 0 Å². The number of aromatic nitrogens is 1. The number of carbonyl (C=O) groups is 1. The first kappa shape index (κ1) is 17.8. The maximum Gasteiger partial charge on any atom is 0.238 e. The van der Waals surface area contributed by atoms with Crippen molar-refractivity contribution in [1.29, 1.82) is 0 Å². The summed E-state index contributed by atoms with van der Waals surface area (Å²) in [7, 11) is -3.71. The summed E-state index contributed by atoms with van der Waals surface area (Å²) in [5.41, 5.74) is 3.47. The molecule has 1 aliphatic heterocycles. The van der Waals surface area contributed by atoms with Gasteiger partial charge < -0.3 is 4.90 Å². The molecule has 0 saturated carbocycles. The summed E-state index contributed by atoms with van der Waals surface area (Å²) in [4.78, 5) is 18.5. The highest BCUT2D eigenvalue weighted by atomic mass is 32.2. The highest BCUT2D eigenvalue weighted by Crippen LogP contribution is 2.32. The zero-order chi connectivity index (χ0) is 19.0. The molecule has 3 aromatic rings. The van der Waals surface area contributed by atoms with Gasteiger partial charge in [0.15, 0.2) is 0 Å². The minimum Gasteiger partial charge on any atom is -0.312 e. The standard InChI is InChI=1S/C19H17N3O3S2/c20-27(24,25)16-8-6-13(7-9-16)19-21-17(12-26-19)14-3-1-4-15(11-14)22-10-2-5-18(22)23/h1,3-4,6-9,11-12H,2,5,10H2,(H2,20,24,25). The first-order valence-corrected chi connectivity index (χ1v) is 10.8. The second kappa shape index (κ2) is 6.88. The normalized spacial score (nSPS) is 14.7. The topological polar surface area (TPSA) is 93.4 Å². The minimum atomic E-state index is -3.71. The summed E-state index contributed by atoms with van der Waals surface area (Å²) in [6.45, 7) is 0.751. The van der Waals surface area contributed by atoms with Gasteiger partial charge in [0.1, 0.15) is 5.01 Å². The van der Waals surface area contributed by atoms with Gasteiger partial charge in [-0.25, -0.2) is 18.5 Å². The van der Waals surface area contributed by atoms with E-state index in [0.29, 0.717) is 6.42 Å². The number of sulfonamides is 1. The second-order valence-electron chi connectivity index (χ2n) is 6.31. The lowest BCUT2D eigenvalue weighted by Gasteiger charge is -2.16. The Morgan fingerprint density at radius 1 is 1.07 bits per heavy atom. The van der Waals surface area contributed by atoms with Crippen LogP contribution in [0.25, 0.3) is 21.8 Å². The fourth-order valence-electron chi connectivity index (χ4n) is 3.08. The summed E-state index contributed by atoms with van der Waals surface area (Å²) in [6, 6.07) is 14.2. The third kappa shape index (κ3) is 3.64. The van der Waals surface area contributed by atoms with E-state index in [1.807, 2.05) is 34.5 Å². The largest absolute Gasteiger partial charge is 0.312 e. The molecule has 2 N–H and O–H groups in total. The molecule has 1 fully saturated rings. The number of nitrogens with zero attached hydrogens (tertiary/aromatic N) is 2. The molecule has 6 nitrogen and oxygen atoms in total. The van der Waals surface area contributed by atoms with E-state index in [0.717, 1.165) is 40.5 Å². The molecule has 2 aromatic carbocycles. The number of anilines is 1. The van der Waals surface area contributed by atoms with Gasteiger partial charge in [-0.2, -0.15) is 0 Å². The Hall–Kier alpha value is -2.55. The highest BCUT2D eigenvalue weighted by Gasteiger charge is 2.22. The van der Waals surface area contributed by atoms with Crippen molar-refractivity contribution in [1.82, 2.24) is 4.98 Å². The van der Waals surface area contributed by atoms with Gasteiger partial charge in [0.2, 0.25) is 15.9 Å². The Bertz CT molecular complexity index is 1110. The molecular formula is C19H17N3O3S2. The number of rotatable bonds is 4. The van der Waals surface area contributed by atoms with E-state index in [2.05, 4.69) is 4.98 Å². The van der Waals surface area contributed by atoms with Crippen LogP contribution in [0.3, 0.4) is 0 Å². The van der Waals surface area contributed by atoms with Crippen molar-refractivity contribution < 1.29 is 13.2 Å². The summed E-state index contributed by atoms with van der Waals surface area (Å²) < 4.78 is 22.7. The third-order valence-electron chi connectivity index (χ3n) is 4.46. The first-order valence-electron chi connectivity index (χ1n) is 8.41. The lowest BCUT2D eigenvalue weighted by atomic mass is 10.1. The monoisotopic (exact) mass is 399 g/mol. The Kier molecular flexibility index (Phi) is 4.55. The van der Waals surface area contributed by atoms with Crippen LogP contribution >= 0.6 is 11.3 Å². The van der Waals surface area contributed by atoms with Gasteiger partial charge in [-0.15, -0.1) is 11.3 Å². The van der Waals surface area contributed by atoms with E-state index in [4.69, 9.17) is 5.14 Å². The lowest BCUT2D eigenvalue weighted by Crippen LogP contribution is -2.23. The van der Waals surface area contributed by atoms with Gasteiger partial charge in [-0.1, -0.05) is 24.3 Å². The van der Waals surface area contributed by atoms with Crippen molar-refractivity contribution >= 4 is 33.0 Å². The number of nitrogens with two attached hydrogens (primary N) is 1.